The molecule has 150 valence electrons. The second-order valence-electron chi connectivity index (χ2n) is 5.71. The van der Waals surface area contributed by atoms with Crippen molar-refractivity contribution >= 4 is 23.2 Å². The van der Waals surface area contributed by atoms with Gasteiger partial charge in [0.2, 0.25) is 0 Å². The van der Waals surface area contributed by atoms with Crippen LogP contribution in [0.2, 0.25) is 0 Å². The Labute approximate surface area is 164 Å². The van der Waals surface area contributed by atoms with Crippen molar-refractivity contribution in [3.05, 3.63) is 72.2 Å². The smallest absolute Gasteiger partial charge is 0.387 e. The number of nitrogens with one attached hydrogen (secondary N) is 2. The Hall–Kier alpha value is -3.88. The minimum atomic E-state index is -3.00. The average molecular weight is 402 g/mol. The normalized spacial score (nSPS) is 10.5. The van der Waals surface area contributed by atoms with E-state index in [4.69, 9.17) is 9.15 Å². The van der Waals surface area contributed by atoms with Crippen LogP contribution in [-0.2, 0) is 0 Å². The summed E-state index contributed by atoms with van der Waals surface area (Å²) < 4.78 is 39.1. The van der Waals surface area contributed by atoms with Gasteiger partial charge in [-0.2, -0.15) is 8.78 Å². The lowest BCUT2D eigenvalue weighted by Gasteiger charge is -2.12. The number of carbonyl (C=O) groups is 2. The van der Waals surface area contributed by atoms with E-state index in [9.17, 15) is 18.4 Å². The highest BCUT2D eigenvalue weighted by molar-refractivity contribution is 6.05. The molecule has 3 aromatic rings. The van der Waals surface area contributed by atoms with Crippen molar-refractivity contribution in [3.8, 4) is 11.5 Å². The molecule has 0 aliphatic heterocycles. The van der Waals surface area contributed by atoms with Gasteiger partial charge in [-0.1, -0.05) is 0 Å². The summed E-state index contributed by atoms with van der Waals surface area (Å²) in [5.41, 5.74) is 1.18. The molecule has 3 rings (SSSR count). The molecule has 1 aromatic heterocycles. The molecule has 0 aliphatic carbocycles. The molecule has 0 radical (unpaired) electrons. The Balaban J connectivity index is 1.65. The van der Waals surface area contributed by atoms with Crippen LogP contribution < -0.4 is 20.1 Å². The number of halogens is 2. The summed E-state index contributed by atoms with van der Waals surface area (Å²) in [7, 11) is 1.28. The minimum absolute atomic E-state index is 0.00827. The predicted molar refractivity (Wildman–Crippen MR) is 101 cm³/mol. The standard InChI is InChI=1S/C20H16F2N2O5/c1-27-17-11-12(4-9-15(17)29-20(21)22)18(25)23-13-5-7-14(8-6-13)24-19(26)16-3-2-10-28-16/h2-11,20H,1H3,(H,23,25)(H,24,26). The van der Waals surface area contributed by atoms with Crippen LogP contribution in [0.4, 0.5) is 20.2 Å². The second kappa shape index (κ2) is 8.87. The number of amides is 2. The molecular formula is C20H16F2N2O5. The molecule has 9 heteroatoms. The Morgan fingerprint density at radius 2 is 1.59 bits per heavy atom. The molecule has 2 aromatic carbocycles. The molecule has 1 heterocycles. The Morgan fingerprint density at radius 3 is 2.14 bits per heavy atom. The molecule has 0 aliphatic rings. The van der Waals surface area contributed by atoms with Gasteiger partial charge in [0.25, 0.3) is 11.8 Å². The van der Waals surface area contributed by atoms with Gasteiger partial charge >= 0.3 is 6.61 Å². The zero-order valence-corrected chi connectivity index (χ0v) is 15.1. The third-order valence-electron chi connectivity index (χ3n) is 3.79. The van der Waals surface area contributed by atoms with Gasteiger partial charge in [-0.3, -0.25) is 9.59 Å². The zero-order valence-electron chi connectivity index (χ0n) is 15.1. The van der Waals surface area contributed by atoms with Gasteiger partial charge in [0.15, 0.2) is 17.3 Å². The SMILES string of the molecule is COc1cc(C(=O)Nc2ccc(NC(=O)c3ccco3)cc2)ccc1OC(F)F. The number of hydrogen-bond donors (Lipinski definition) is 2. The highest BCUT2D eigenvalue weighted by atomic mass is 19.3. The van der Waals surface area contributed by atoms with Crippen LogP contribution in [0.1, 0.15) is 20.9 Å². The molecule has 7 nitrogen and oxygen atoms in total. The third-order valence-corrected chi connectivity index (χ3v) is 3.79. The molecule has 2 N–H and O–H groups in total. The van der Waals surface area contributed by atoms with Crippen LogP contribution in [0.5, 0.6) is 11.5 Å². The minimum Gasteiger partial charge on any atom is -0.493 e. The van der Waals surface area contributed by atoms with Crippen LogP contribution in [0, 0.1) is 0 Å². The molecule has 0 atom stereocenters. The number of hydrogen-bond acceptors (Lipinski definition) is 5. The largest absolute Gasteiger partial charge is 0.493 e. The molecule has 0 bridgehead atoms. The fraction of sp³-hybridized carbons (Fsp3) is 0.100. The van der Waals surface area contributed by atoms with E-state index in [-0.39, 0.29) is 22.8 Å². The van der Waals surface area contributed by atoms with Crippen molar-refractivity contribution in [2.45, 2.75) is 6.61 Å². The number of ether oxygens (including phenoxy) is 2. The number of methoxy groups -OCH3 is 1. The van der Waals surface area contributed by atoms with Crippen LogP contribution in [0.25, 0.3) is 0 Å². The molecule has 0 fully saturated rings. The van der Waals surface area contributed by atoms with Crippen LogP contribution in [0.15, 0.2) is 65.3 Å². The fourth-order valence-corrected chi connectivity index (χ4v) is 2.44. The van der Waals surface area contributed by atoms with Gasteiger partial charge in [0.1, 0.15) is 0 Å². The first-order chi connectivity index (χ1) is 14.0. The molecule has 29 heavy (non-hydrogen) atoms. The van der Waals surface area contributed by atoms with Gasteiger partial charge in [0.05, 0.1) is 13.4 Å². The number of anilines is 2. The first-order valence-corrected chi connectivity index (χ1v) is 8.35. The summed E-state index contributed by atoms with van der Waals surface area (Å²) in [6, 6.07) is 13.4. The topological polar surface area (TPSA) is 89.8 Å². The van der Waals surface area contributed by atoms with Crippen molar-refractivity contribution < 1.29 is 32.3 Å². The fourth-order valence-electron chi connectivity index (χ4n) is 2.44. The quantitative estimate of drug-likeness (QED) is 0.612. The Bertz CT molecular complexity index is 989. The van der Waals surface area contributed by atoms with Crippen LogP contribution in [0.3, 0.4) is 0 Å². The highest BCUT2D eigenvalue weighted by Gasteiger charge is 2.14. The van der Waals surface area contributed by atoms with Gasteiger partial charge in [-0.05, 0) is 54.6 Å². The van der Waals surface area contributed by atoms with Crippen LogP contribution >= 0.6 is 0 Å². The summed E-state index contributed by atoms with van der Waals surface area (Å²) >= 11 is 0. The van der Waals surface area contributed by atoms with E-state index in [1.54, 1.807) is 30.3 Å². The van der Waals surface area contributed by atoms with E-state index in [0.717, 1.165) is 0 Å². The van der Waals surface area contributed by atoms with Gasteiger partial charge in [-0.25, -0.2) is 0 Å². The Kier molecular flexibility index (Phi) is 6.08. The van der Waals surface area contributed by atoms with E-state index in [1.165, 1.54) is 37.6 Å². The van der Waals surface area contributed by atoms with Crippen molar-refractivity contribution in [1.29, 1.82) is 0 Å². The Morgan fingerprint density at radius 1 is 0.931 bits per heavy atom. The van der Waals surface area contributed by atoms with Crippen molar-refractivity contribution in [1.82, 2.24) is 0 Å². The summed E-state index contributed by atoms with van der Waals surface area (Å²) in [4.78, 5) is 24.3. The number of alkyl halides is 2. The molecule has 0 saturated heterocycles. The summed E-state index contributed by atoms with van der Waals surface area (Å²) in [5.74, 6) is -0.857. The molecule has 0 saturated carbocycles. The van der Waals surface area contributed by atoms with Crippen molar-refractivity contribution in [3.63, 3.8) is 0 Å². The average Bonchev–Trinajstić information content (AvgIpc) is 3.24. The van der Waals surface area contributed by atoms with Crippen molar-refractivity contribution in [2.75, 3.05) is 17.7 Å². The summed E-state index contributed by atoms with van der Waals surface area (Å²) in [6.45, 7) is -3.00. The summed E-state index contributed by atoms with van der Waals surface area (Å²) in [6.07, 6.45) is 1.40. The van der Waals surface area contributed by atoms with E-state index >= 15 is 0 Å². The number of carbonyl (C=O) groups excluding carboxylic acids is 2. The third kappa shape index (κ3) is 5.10. The highest BCUT2D eigenvalue weighted by Crippen LogP contribution is 2.29. The lowest BCUT2D eigenvalue weighted by Crippen LogP contribution is -2.13. The lowest BCUT2D eigenvalue weighted by molar-refractivity contribution is -0.0512. The molecule has 2 amide bonds. The number of furan rings is 1. The maximum atomic E-state index is 12.4. The first-order valence-electron chi connectivity index (χ1n) is 8.35. The number of rotatable bonds is 7. The van der Waals surface area contributed by atoms with E-state index in [2.05, 4.69) is 15.4 Å². The monoisotopic (exact) mass is 402 g/mol. The van der Waals surface area contributed by atoms with E-state index in [1.807, 2.05) is 0 Å². The molecule has 0 unspecified atom stereocenters. The molecular weight excluding hydrogens is 386 g/mol. The number of benzene rings is 2. The first kappa shape index (κ1) is 19.9. The maximum absolute atomic E-state index is 12.4. The molecule has 0 spiro atoms. The van der Waals surface area contributed by atoms with Gasteiger partial charge < -0.3 is 24.5 Å². The van der Waals surface area contributed by atoms with Crippen LogP contribution in [-0.4, -0.2) is 25.5 Å². The van der Waals surface area contributed by atoms with E-state index < -0.39 is 18.4 Å². The van der Waals surface area contributed by atoms with E-state index in [0.29, 0.717) is 11.4 Å². The predicted octanol–water partition coefficient (Wildman–Crippen LogP) is 4.39. The second-order valence-corrected chi connectivity index (χ2v) is 5.71. The zero-order chi connectivity index (χ0) is 20.8. The van der Waals surface area contributed by atoms with Gasteiger partial charge in [0, 0.05) is 16.9 Å². The summed E-state index contributed by atoms with van der Waals surface area (Å²) in [5, 5.41) is 5.32. The lowest BCUT2D eigenvalue weighted by atomic mass is 10.1. The van der Waals surface area contributed by atoms with Crippen molar-refractivity contribution in [2.24, 2.45) is 0 Å². The van der Waals surface area contributed by atoms with Gasteiger partial charge in [-0.15, -0.1) is 0 Å². The maximum Gasteiger partial charge on any atom is 0.387 e.